The molecule has 11 heteroatoms. The van der Waals surface area contributed by atoms with Crippen LogP contribution in [0.5, 0.6) is 0 Å². The molecule has 1 fully saturated rings. The summed E-state index contributed by atoms with van der Waals surface area (Å²) in [6.07, 6.45) is 0.782. The minimum atomic E-state index is -0.813. The SMILES string of the molecule is NC(=O)Nc1sc(-c2ccc(Cl)cc2Cl)cc1C(=O)OC1CCCN(C(N)=O)C1. The van der Waals surface area contributed by atoms with E-state index in [-0.39, 0.29) is 17.1 Å². The first-order valence-corrected chi connectivity index (χ1v) is 10.2. The minimum Gasteiger partial charge on any atom is -0.457 e. The van der Waals surface area contributed by atoms with E-state index < -0.39 is 24.1 Å². The molecule has 5 N–H and O–H groups in total. The average Bonchev–Trinajstić information content (AvgIpc) is 3.04. The summed E-state index contributed by atoms with van der Waals surface area (Å²) in [5.74, 6) is -0.641. The first kappa shape index (κ1) is 21.2. The van der Waals surface area contributed by atoms with Crippen molar-refractivity contribution in [2.75, 3.05) is 18.4 Å². The second-order valence-electron chi connectivity index (χ2n) is 6.42. The molecule has 1 atom stereocenters. The summed E-state index contributed by atoms with van der Waals surface area (Å²) in [5.41, 5.74) is 11.3. The number of anilines is 1. The minimum absolute atomic E-state index is 0.144. The Balaban J connectivity index is 1.86. The summed E-state index contributed by atoms with van der Waals surface area (Å²) >= 11 is 13.3. The summed E-state index contributed by atoms with van der Waals surface area (Å²) in [6, 6.07) is 5.16. The number of esters is 1. The number of piperidine rings is 1. The van der Waals surface area contributed by atoms with Gasteiger partial charge in [0.2, 0.25) is 0 Å². The van der Waals surface area contributed by atoms with Crippen LogP contribution in [-0.2, 0) is 4.74 Å². The second kappa shape index (κ2) is 8.89. The van der Waals surface area contributed by atoms with Gasteiger partial charge < -0.3 is 21.1 Å². The maximum atomic E-state index is 12.8. The summed E-state index contributed by atoms with van der Waals surface area (Å²) in [4.78, 5) is 37.6. The highest BCUT2D eigenvalue weighted by Crippen LogP contribution is 2.40. The lowest BCUT2D eigenvalue weighted by Crippen LogP contribution is -2.46. The second-order valence-corrected chi connectivity index (χ2v) is 8.32. The van der Waals surface area contributed by atoms with E-state index in [1.165, 1.54) is 4.90 Å². The Labute approximate surface area is 180 Å². The fourth-order valence-corrected chi connectivity index (χ4v) is 4.67. The predicted molar refractivity (Wildman–Crippen MR) is 113 cm³/mol. The zero-order valence-electron chi connectivity index (χ0n) is 15.1. The van der Waals surface area contributed by atoms with E-state index in [0.717, 1.165) is 11.3 Å². The van der Waals surface area contributed by atoms with Crippen molar-refractivity contribution in [2.24, 2.45) is 11.5 Å². The number of ether oxygens (including phenoxy) is 1. The zero-order chi connectivity index (χ0) is 21.1. The molecule has 1 aromatic carbocycles. The van der Waals surface area contributed by atoms with Crippen LogP contribution in [0.25, 0.3) is 10.4 Å². The molecule has 1 aliphatic heterocycles. The van der Waals surface area contributed by atoms with Crippen LogP contribution in [0.2, 0.25) is 10.0 Å². The third kappa shape index (κ3) is 5.11. The van der Waals surface area contributed by atoms with Gasteiger partial charge in [0.25, 0.3) is 0 Å². The van der Waals surface area contributed by atoms with Crippen LogP contribution in [-0.4, -0.2) is 42.1 Å². The van der Waals surface area contributed by atoms with E-state index in [4.69, 9.17) is 39.4 Å². The highest BCUT2D eigenvalue weighted by Gasteiger charge is 2.27. The molecule has 8 nitrogen and oxygen atoms in total. The van der Waals surface area contributed by atoms with Crippen LogP contribution in [0.4, 0.5) is 14.6 Å². The molecule has 1 aromatic heterocycles. The molecule has 0 bridgehead atoms. The molecular weight excluding hydrogens is 439 g/mol. The van der Waals surface area contributed by atoms with Crippen molar-refractivity contribution >= 4 is 57.6 Å². The summed E-state index contributed by atoms with van der Waals surface area (Å²) in [7, 11) is 0. The zero-order valence-corrected chi connectivity index (χ0v) is 17.4. The lowest BCUT2D eigenvalue weighted by Gasteiger charge is -2.31. The molecule has 4 amide bonds. The highest BCUT2D eigenvalue weighted by atomic mass is 35.5. The molecule has 29 heavy (non-hydrogen) atoms. The van der Waals surface area contributed by atoms with E-state index in [9.17, 15) is 14.4 Å². The molecule has 0 radical (unpaired) electrons. The number of carbonyl (C=O) groups is 3. The number of hydrogen-bond acceptors (Lipinski definition) is 5. The number of primary amides is 2. The van der Waals surface area contributed by atoms with Gasteiger partial charge in [-0.05, 0) is 31.0 Å². The van der Waals surface area contributed by atoms with Gasteiger partial charge in [0.15, 0.2) is 0 Å². The van der Waals surface area contributed by atoms with E-state index in [1.54, 1.807) is 24.3 Å². The third-order valence-electron chi connectivity index (χ3n) is 4.35. The Morgan fingerprint density at radius 1 is 1.21 bits per heavy atom. The molecule has 3 rings (SSSR count). The topological polar surface area (TPSA) is 128 Å². The maximum Gasteiger partial charge on any atom is 0.341 e. The van der Waals surface area contributed by atoms with E-state index in [1.807, 2.05) is 0 Å². The summed E-state index contributed by atoms with van der Waals surface area (Å²) in [5, 5.41) is 3.55. The van der Waals surface area contributed by atoms with Crippen LogP contribution >= 0.6 is 34.5 Å². The van der Waals surface area contributed by atoms with Crippen LogP contribution in [0.15, 0.2) is 24.3 Å². The Bertz CT molecular complexity index is 965. The van der Waals surface area contributed by atoms with E-state index >= 15 is 0 Å². The average molecular weight is 457 g/mol. The Hall–Kier alpha value is -2.49. The number of halogens is 2. The summed E-state index contributed by atoms with van der Waals surface area (Å²) in [6.45, 7) is 0.745. The smallest absolute Gasteiger partial charge is 0.341 e. The fraction of sp³-hybridized carbons (Fsp3) is 0.278. The fourth-order valence-electron chi connectivity index (χ4n) is 3.02. The number of benzene rings is 1. The highest BCUT2D eigenvalue weighted by molar-refractivity contribution is 7.20. The Kier molecular flexibility index (Phi) is 6.51. The molecule has 1 unspecified atom stereocenters. The van der Waals surface area contributed by atoms with Crippen LogP contribution in [0.1, 0.15) is 23.2 Å². The molecule has 0 aliphatic carbocycles. The van der Waals surface area contributed by atoms with Gasteiger partial charge in [-0.2, -0.15) is 0 Å². The number of nitrogens with two attached hydrogens (primary N) is 2. The number of amides is 4. The predicted octanol–water partition coefficient (Wildman–Crippen LogP) is 3.91. The molecule has 0 saturated carbocycles. The number of rotatable bonds is 4. The number of urea groups is 2. The maximum absolute atomic E-state index is 12.8. The van der Waals surface area contributed by atoms with E-state index in [0.29, 0.717) is 39.9 Å². The van der Waals surface area contributed by atoms with Crippen molar-refractivity contribution in [3.8, 4) is 10.4 Å². The number of nitrogens with zero attached hydrogens (tertiary/aromatic N) is 1. The van der Waals surface area contributed by atoms with Crippen LogP contribution < -0.4 is 16.8 Å². The molecule has 1 aliphatic rings. The van der Waals surface area contributed by atoms with Crippen molar-refractivity contribution in [2.45, 2.75) is 18.9 Å². The van der Waals surface area contributed by atoms with Crippen LogP contribution in [0.3, 0.4) is 0 Å². The number of carbonyl (C=O) groups excluding carboxylic acids is 3. The number of thiophene rings is 1. The van der Waals surface area contributed by atoms with Gasteiger partial charge in [0.05, 0.1) is 17.1 Å². The first-order valence-electron chi connectivity index (χ1n) is 8.65. The van der Waals surface area contributed by atoms with Crippen molar-refractivity contribution < 1.29 is 19.1 Å². The largest absolute Gasteiger partial charge is 0.457 e. The van der Waals surface area contributed by atoms with Crippen molar-refractivity contribution in [3.63, 3.8) is 0 Å². The molecular formula is C18H18Cl2N4O4S. The number of hydrogen-bond donors (Lipinski definition) is 3. The van der Waals surface area contributed by atoms with E-state index in [2.05, 4.69) is 5.32 Å². The van der Waals surface area contributed by atoms with Gasteiger partial charge in [-0.1, -0.05) is 29.3 Å². The molecule has 0 spiro atoms. The standard InChI is InChI=1S/C18H18Cl2N4O4S/c19-9-3-4-11(13(20)6-9)14-7-12(15(29-14)23-17(21)26)16(25)28-10-2-1-5-24(8-10)18(22)27/h3-4,6-7,10H,1-2,5,8H2,(H2,22,27)(H3,21,23,26). The molecule has 154 valence electrons. The Morgan fingerprint density at radius 2 is 1.97 bits per heavy atom. The Morgan fingerprint density at radius 3 is 2.62 bits per heavy atom. The quantitative estimate of drug-likeness (QED) is 0.602. The van der Waals surface area contributed by atoms with Crippen molar-refractivity contribution in [3.05, 3.63) is 39.9 Å². The lowest BCUT2D eigenvalue weighted by molar-refractivity contribution is 0.0129. The first-order chi connectivity index (χ1) is 13.7. The van der Waals surface area contributed by atoms with Gasteiger partial charge in [-0.15, -0.1) is 11.3 Å². The van der Waals surface area contributed by atoms with Gasteiger partial charge >= 0.3 is 18.0 Å². The van der Waals surface area contributed by atoms with Gasteiger partial charge in [0, 0.05) is 22.0 Å². The van der Waals surface area contributed by atoms with Crippen LogP contribution in [0, 0.1) is 0 Å². The van der Waals surface area contributed by atoms with Gasteiger partial charge in [-0.25, -0.2) is 14.4 Å². The normalized spacial score (nSPS) is 16.3. The van der Waals surface area contributed by atoms with Crippen molar-refractivity contribution in [1.82, 2.24) is 4.90 Å². The monoisotopic (exact) mass is 456 g/mol. The van der Waals surface area contributed by atoms with Crippen molar-refractivity contribution in [1.29, 1.82) is 0 Å². The molecule has 2 aromatic rings. The van der Waals surface area contributed by atoms with Gasteiger partial charge in [0.1, 0.15) is 11.1 Å². The van der Waals surface area contributed by atoms with Gasteiger partial charge in [-0.3, -0.25) is 5.32 Å². The number of likely N-dealkylation sites (tertiary alicyclic amines) is 1. The molecule has 2 heterocycles. The summed E-state index contributed by atoms with van der Waals surface area (Å²) < 4.78 is 5.55. The molecule has 1 saturated heterocycles. The number of nitrogens with one attached hydrogen (secondary N) is 1. The third-order valence-corrected chi connectivity index (χ3v) is 5.98. The lowest BCUT2D eigenvalue weighted by atomic mass is 10.1.